The summed E-state index contributed by atoms with van der Waals surface area (Å²) in [5.41, 5.74) is 3.56. The van der Waals surface area contributed by atoms with Crippen LogP contribution in [-0.4, -0.2) is 67.4 Å². The Balaban J connectivity index is 1.64. The molecule has 0 N–H and O–H groups in total. The van der Waals surface area contributed by atoms with Crippen LogP contribution in [0.4, 0.5) is 0 Å². The lowest BCUT2D eigenvalue weighted by Crippen LogP contribution is -2.41. The fourth-order valence-electron chi connectivity index (χ4n) is 3.11. The molecular weight excluding hydrogens is 366 g/mol. The molecule has 152 valence electrons. The molecule has 3 heterocycles. The van der Waals surface area contributed by atoms with Gasteiger partial charge in [0, 0.05) is 42.9 Å². The van der Waals surface area contributed by atoms with Crippen molar-refractivity contribution in [1.29, 1.82) is 0 Å². The zero-order chi connectivity index (χ0) is 27.4. The average Bonchev–Trinajstić information content (AvgIpc) is 3.18. The minimum atomic E-state index is -3.29. The van der Waals surface area contributed by atoms with Gasteiger partial charge in [0.25, 0.3) is 0 Å². The first kappa shape index (κ1) is 12.1. The maximum absolute atomic E-state index is 13.1. The number of hydrogen-bond donors (Lipinski definition) is 0. The Labute approximate surface area is 182 Å². The Morgan fingerprint density at radius 1 is 1.21 bits per heavy atom. The van der Waals surface area contributed by atoms with Gasteiger partial charge in [0.05, 0.1) is 36.8 Å². The van der Waals surface area contributed by atoms with Crippen molar-refractivity contribution in [1.82, 2.24) is 14.8 Å². The lowest BCUT2D eigenvalue weighted by atomic mass is 10.0. The predicted molar refractivity (Wildman–Crippen MR) is 113 cm³/mol. The number of rotatable bonds is 6. The molecule has 4 rings (SSSR count). The molecule has 2 aromatic heterocycles. The van der Waals surface area contributed by atoms with E-state index in [1.54, 1.807) is 18.5 Å². The molecule has 3 aromatic rings. The van der Waals surface area contributed by atoms with E-state index in [1.165, 1.54) is 6.20 Å². The van der Waals surface area contributed by atoms with Gasteiger partial charge in [-0.05, 0) is 55.4 Å². The number of furan rings is 1. The SMILES string of the molecule is [2H]C1([2H])OC([2H])([2H])C([2H])([2H])N(C(=O)Cc2cncc(-c3ccc4occ(CCN(C)C)c4c3)c2)C1([2H])[2H]. The lowest BCUT2D eigenvalue weighted by Gasteiger charge is -2.26. The van der Waals surface area contributed by atoms with E-state index in [2.05, 4.69) is 14.6 Å². The first-order valence-electron chi connectivity index (χ1n) is 13.2. The van der Waals surface area contributed by atoms with Crippen molar-refractivity contribution in [3.8, 4) is 11.1 Å². The van der Waals surface area contributed by atoms with Crippen LogP contribution >= 0.6 is 0 Å². The summed E-state index contributed by atoms with van der Waals surface area (Å²) in [7, 11) is 3.98. The number of aromatic nitrogens is 1. The number of pyridine rings is 1. The average molecular weight is 402 g/mol. The van der Waals surface area contributed by atoms with E-state index in [-0.39, 0.29) is 4.90 Å². The number of benzene rings is 1. The van der Waals surface area contributed by atoms with Crippen LogP contribution in [0.5, 0.6) is 0 Å². The normalized spacial score (nSPS) is 25.7. The first-order valence-corrected chi connectivity index (χ1v) is 9.19. The number of hydrogen-bond acceptors (Lipinski definition) is 5. The van der Waals surface area contributed by atoms with Crippen molar-refractivity contribution < 1.29 is 24.9 Å². The largest absolute Gasteiger partial charge is 0.464 e. The van der Waals surface area contributed by atoms with Crippen LogP contribution in [0.25, 0.3) is 22.1 Å². The molecule has 1 aliphatic heterocycles. The van der Waals surface area contributed by atoms with E-state index in [1.807, 2.05) is 32.3 Å². The van der Waals surface area contributed by atoms with Crippen molar-refractivity contribution in [2.24, 2.45) is 0 Å². The second-order valence-corrected chi connectivity index (χ2v) is 7.04. The molecule has 0 saturated carbocycles. The molecule has 0 aliphatic carbocycles. The van der Waals surface area contributed by atoms with Crippen LogP contribution < -0.4 is 0 Å². The smallest absolute Gasteiger partial charge is 0.227 e. The summed E-state index contributed by atoms with van der Waals surface area (Å²) in [5, 5.41) is 0.944. The van der Waals surface area contributed by atoms with Crippen molar-refractivity contribution in [2.45, 2.75) is 12.8 Å². The van der Waals surface area contributed by atoms with Crippen LogP contribution in [0.3, 0.4) is 0 Å². The van der Waals surface area contributed by atoms with Crippen LogP contribution in [0.2, 0.25) is 0 Å². The van der Waals surface area contributed by atoms with E-state index in [9.17, 15) is 4.79 Å². The Bertz CT molecular complexity index is 1300. The highest BCUT2D eigenvalue weighted by molar-refractivity contribution is 5.86. The van der Waals surface area contributed by atoms with Crippen LogP contribution in [0, 0.1) is 0 Å². The van der Waals surface area contributed by atoms with E-state index in [0.29, 0.717) is 11.1 Å². The number of morpholine rings is 1. The van der Waals surface area contributed by atoms with Crippen molar-refractivity contribution in [3.05, 3.63) is 54.0 Å². The molecule has 29 heavy (non-hydrogen) atoms. The summed E-state index contributed by atoms with van der Waals surface area (Å²) >= 11 is 0. The zero-order valence-corrected chi connectivity index (χ0v) is 16.2. The summed E-state index contributed by atoms with van der Waals surface area (Å²) < 4.78 is 73.5. The van der Waals surface area contributed by atoms with Gasteiger partial charge < -0.3 is 19.0 Å². The number of carbonyl (C=O) groups excluding carboxylic acids is 1. The van der Waals surface area contributed by atoms with Gasteiger partial charge in [-0.2, -0.15) is 0 Å². The van der Waals surface area contributed by atoms with Crippen LogP contribution in [0.1, 0.15) is 22.1 Å². The second kappa shape index (κ2) is 8.76. The first-order chi connectivity index (χ1) is 17.1. The summed E-state index contributed by atoms with van der Waals surface area (Å²) in [6.45, 7) is -12.3. The number of nitrogens with zero attached hydrogens (tertiary/aromatic N) is 3. The van der Waals surface area contributed by atoms with Gasteiger partial charge in [-0.3, -0.25) is 9.78 Å². The monoisotopic (exact) mass is 401 g/mol. The van der Waals surface area contributed by atoms with Crippen molar-refractivity contribution in [2.75, 3.05) is 46.8 Å². The zero-order valence-electron chi connectivity index (χ0n) is 24.2. The van der Waals surface area contributed by atoms with E-state index in [4.69, 9.17) is 15.4 Å². The Morgan fingerprint density at radius 2 is 2.03 bits per heavy atom. The third-order valence-corrected chi connectivity index (χ3v) is 4.63. The van der Waals surface area contributed by atoms with Gasteiger partial charge in [0.15, 0.2) is 0 Å². The molecule has 1 saturated heterocycles. The maximum Gasteiger partial charge on any atom is 0.227 e. The van der Waals surface area contributed by atoms with E-state index < -0.39 is 38.4 Å². The number of ether oxygens (including phenoxy) is 1. The van der Waals surface area contributed by atoms with Gasteiger partial charge in [-0.1, -0.05) is 6.07 Å². The molecule has 0 bridgehead atoms. The van der Waals surface area contributed by atoms with Gasteiger partial charge in [0.2, 0.25) is 5.91 Å². The number of amides is 1. The van der Waals surface area contributed by atoms with Gasteiger partial charge in [0.1, 0.15) is 5.58 Å². The second-order valence-electron chi connectivity index (χ2n) is 7.04. The predicted octanol–water partition coefficient (Wildman–Crippen LogP) is 3.00. The molecule has 0 unspecified atom stereocenters. The molecule has 1 aliphatic rings. The summed E-state index contributed by atoms with van der Waals surface area (Å²) in [4.78, 5) is 19.4. The summed E-state index contributed by atoms with van der Waals surface area (Å²) in [6, 6.07) is 7.28. The highest BCUT2D eigenvalue weighted by atomic mass is 16.5. The molecule has 6 heteroatoms. The minimum Gasteiger partial charge on any atom is -0.464 e. The third-order valence-electron chi connectivity index (χ3n) is 4.63. The fraction of sp³-hybridized carbons (Fsp3) is 0.391. The van der Waals surface area contributed by atoms with Crippen molar-refractivity contribution >= 4 is 16.9 Å². The Morgan fingerprint density at radius 3 is 2.83 bits per heavy atom. The van der Waals surface area contributed by atoms with Gasteiger partial charge in [-0.15, -0.1) is 0 Å². The third kappa shape index (κ3) is 4.66. The minimum absolute atomic E-state index is 0.0370. The Hall–Kier alpha value is -2.70. The fourth-order valence-corrected chi connectivity index (χ4v) is 3.11. The van der Waals surface area contributed by atoms with E-state index in [0.717, 1.165) is 35.1 Å². The van der Waals surface area contributed by atoms with Crippen LogP contribution in [-0.2, 0) is 22.4 Å². The molecule has 1 aromatic carbocycles. The number of carbonyl (C=O) groups is 1. The molecular formula is C23H27N3O3. The van der Waals surface area contributed by atoms with Gasteiger partial charge in [-0.25, -0.2) is 0 Å². The number of likely N-dealkylation sites (N-methyl/N-ethyl adjacent to an activating group) is 1. The molecule has 6 nitrogen and oxygen atoms in total. The highest BCUT2D eigenvalue weighted by Gasteiger charge is 2.17. The lowest BCUT2D eigenvalue weighted by molar-refractivity contribution is -0.134. The van der Waals surface area contributed by atoms with E-state index >= 15 is 0 Å². The summed E-state index contributed by atoms with van der Waals surface area (Å²) in [6.07, 6.45) is 4.95. The topological polar surface area (TPSA) is 58.8 Å². The van der Waals surface area contributed by atoms with Crippen molar-refractivity contribution in [3.63, 3.8) is 0 Å². The number of fused-ring (bicyclic) bond motifs is 1. The standard InChI is InChI=1S/C23H27N3O3/c1-25(2)6-5-19-16-29-22-4-3-18(13-21(19)22)20-11-17(14-24-15-20)12-23(27)26-7-9-28-10-8-26/h3-4,11,13-16H,5-10,12H2,1-2H3/i7D2,8D2,9D2,10D2. The molecule has 1 amide bonds. The summed E-state index contributed by atoms with van der Waals surface area (Å²) in [5.74, 6) is -1.15. The quantitative estimate of drug-likeness (QED) is 0.636. The van der Waals surface area contributed by atoms with Crippen LogP contribution in [0.15, 0.2) is 47.3 Å². The molecule has 0 radical (unpaired) electrons. The molecule has 0 atom stereocenters. The Kier molecular flexibility index (Phi) is 3.65. The van der Waals surface area contributed by atoms with Gasteiger partial charge >= 0.3 is 0 Å². The highest BCUT2D eigenvalue weighted by Crippen LogP contribution is 2.28. The molecule has 1 fully saturated rings. The molecule has 0 spiro atoms. The maximum atomic E-state index is 13.1.